The Morgan fingerprint density at radius 1 is 1.28 bits per heavy atom. The van der Waals surface area contributed by atoms with Gasteiger partial charge in [0.25, 0.3) is 0 Å². The highest BCUT2D eigenvalue weighted by molar-refractivity contribution is 7.80. The summed E-state index contributed by atoms with van der Waals surface area (Å²) < 4.78 is 0. The molecule has 106 valence electrons. The van der Waals surface area contributed by atoms with E-state index >= 15 is 0 Å². The predicted molar refractivity (Wildman–Crippen MR) is 83.9 cm³/mol. The molecule has 1 aliphatic carbocycles. The van der Waals surface area contributed by atoms with Crippen LogP contribution >= 0.6 is 12.2 Å². The van der Waals surface area contributed by atoms with Gasteiger partial charge in [-0.2, -0.15) is 0 Å². The predicted octanol–water partition coefficient (Wildman–Crippen LogP) is 3.59. The Kier molecular flexibility index (Phi) is 6.06. The van der Waals surface area contributed by atoms with Crippen molar-refractivity contribution in [1.29, 1.82) is 0 Å². The van der Waals surface area contributed by atoms with E-state index in [0.717, 1.165) is 24.9 Å². The summed E-state index contributed by atoms with van der Waals surface area (Å²) >= 11 is 5.13. The summed E-state index contributed by atoms with van der Waals surface area (Å²) in [6.07, 6.45) is 7.96. The van der Waals surface area contributed by atoms with Crippen LogP contribution in [0.1, 0.15) is 59.3 Å². The van der Waals surface area contributed by atoms with Gasteiger partial charge in [0.05, 0.1) is 4.99 Å². The average molecular weight is 270 g/mol. The fourth-order valence-corrected chi connectivity index (χ4v) is 2.86. The molecule has 0 aliphatic heterocycles. The van der Waals surface area contributed by atoms with Crippen LogP contribution in [0.5, 0.6) is 0 Å². The van der Waals surface area contributed by atoms with Crippen LogP contribution in [0, 0.1) is 11.3 Å². The fourth-order valence-electron chi connectivity index (χ4n) is 2.76. The van der Waals surface area contributed by atoms with Gasteiger partial charge in [-0.3, -0.25) is 0 Å². The van der Waals surface area contributed by atoms with Crippen LogP contribution in [0.15, 0.2) is 0 Å². The van der Waals surface area contributed by atoms with Gasteiger partial charge in [-0.25, -0.2) is 0 Å². The maximum absolute atomic E-state index is 5.78. The molecule has 1 fully saturated rings. The Morgan fingerprint density at radius 3 is 2.28 bits per heavy atom. The van der Waals surface area contributed by atoms with Gasteiger partial charge in [0.1, 0.15) is 0 Å². The summed E-state index contributed by atoms with van der Waals surface area (Å²) in [6, 6.07) is 0.773. The third kappa shape index (κ3) is 4.51. The molecule has 3 heteroatoms. The van der Waals surface area contributed by atoms with Gasteiger partial charge in [-0.1, -0.05) is 39.4 Å². The smallest absolute Gasteiger partial charge is 0.0784 e. The van der Waals surface area contributed by atoms with Crippen molar-refractivity contribution in [1.82, 2.24) is 4.90 Å². The minimum absolute atomic E-state index is 0.00971. The quantitative estimate of drug-likeness (QED) is 0.748. The fraction of sp³-hybridized carbons (Fsp3) is 0.933. The van der Waals surface area contributed by atoms with Crippen LogP contribution in [-0.2, 0) is 0 Å². The second-order valence-electron chi connectivity index (χ2n) is 6.56. The molecule has 0 aromatic heterocycles. The van der Waals surface area contributed by atoms with Crippen molar-refractivity contribution in [3.05, 3.63) is 0 Å². The highest BCUT2D eigenvalue weighted by Crippen LogP contribution is 2.30. The Hall–Kier alpha value is -0.150. The lowest BCUT2D eigenvalue weighted by Gasteiger charge is -2.36. The van der Waals surface area contributed by atoms with Crippen LogP contribution in [-0.4, -0.2) is 29.5 Å². The Balaban J connectivity index is 2.33. The first-order valence-electron chi connectivity index (χ1n) is 7.37. The molecule has 1 saturated carbocycles. The number of nitrogens with two attached hydrogens (primary N) is 1. The van der Waals surface area contributed by atoms with Gasteiger partial charge in [0.15, 0.2) is 0 Å². The van der Waals surface area contributed by atoms with E-state index in [1.165, 1.54) is 32.1 Å². The van der Waals surface area contributed by atoms with Gasteiger partial charge < -0.3 is 10.6 Å². The van der Waals surface area contributed by atoms with Crippen LogP contribution in [0.4, 0.5) is 0 Å². The van der Waals surface area contributed by atoms with Crippen molar-refractivity contribution in [2.45, 2.75) is 65.3 Å². The van der Waals surface area contributed by atoms with Crippen LogP contribution in [0.3, 0.4) is 0 Å². The van der Waals surface area contributed by atoms with E-state index < -0.39 is 0 Å². The van der Waals surface area contributed by atoms with Crippen molar-refractivity contribution in [2.24, 2.45) is 17.1 Å². The van der Waals surface area contributed by atoms with E-state index in [2.05, 4.69) is 32.7 Å². The summed E-state index contributed by atoms with van der Waals surface area (Å²) in [6.45, 7) is 7.72. The number of hydrogen-bond donors (Lipinski definition) is 1. The Labute approximate surface area is 118 Å². The van der Waals surface area contributed by atoms with Crippen LogP contribution < -0.4 is 5.73 Å². The zero-order chi connectivity index (χ0) is 13.8. The first-order chi connectivity index (χ1) is 8.36. The van der Waals surface area contributed by atoms with Crippen molar-refractivity contribution in [3.8, 4) is 0 Å². The molecule has 0 unspecified atom stereocenters. The molecule has 0 aromatic rings. The largest absolute Gasteiger partial charge is 0.393 e. The van der Waals surface area contributed by atoms with E-state index in [1.54, 1.807) is 0 Å². The molecule has 1 rings (SSSR count). The van der Waals surface area contributed by atoms with E-state index in [-0.39, 0.29) is 5.41 Å². The van der Waals surface area contributed by atoms with Crippen LogP contribution in [0.25, 0.3) is 0 Å². The summed E-state index contributed by atoms with van der Waals surface area (Å²) in [5.41, 5.74) is 5.77. The first-order valence-corrected chi connectivity index (χ1v) is 7.77. The van der Waals surface area contributed by atoms with Gasteiger partial charge >= 0.3 is 0 Å². The molecular weight excluding hydrogens is 240 g/mol. The van der Waals surface area contributed by atoms with Gasteiger partial charge in [0, 0.05) is 11.5 Å². The van der Waals surface area contributed by atoms with Gasteiger partial charge in [0.2, 0.25) is 0 Å². The highest BCUT2D eigenvalue weighted by atomic mass is 32.1. The number of rotatable bonds is 6. The maximum atomic E-state index is 5.78. The molecule has 1 aliphatic rings. The third-order valence-electron chi connectivity index (χ3n) is 4.77. The van der Waals surface area contributed by atoms with Crippen LogP contribution in [0.2, 0.25) is 0 Å². The zero-order valence-corrected chi connectivity index (χ0v) is 13.4. The molecule has 0 spiro atoms. The molecule has 0 saturated heterocycles. The van der Waals surface area contributed by atoms with E-state index in [4.69, 9.17) is 18.0 Å². The average Bonchev–Trinajstić information content (AvgIpc) is 2.36. The molecule has 2 nitrogen and oxygen atoms in total. The molecule has 0 radical (unpaired) electrons. The number of hydrogen-bond acceptors (Lipinski definition) is 2. The third-order valence-corrected chi connectivity index (χ3v) is 5.33. The Bertz CT molecular complexity index is 268. The summed E-state index contributed by atoms with van der Waals surface area (Å²) in [7, 11) is 2.26. The monoisotopic (exact) mass is 270 g/mol. The lowest BCUT2D eigenvalue weighted by atomic mass is 9.83. The minimum Gasteiger partial charge on any atom is -0.393 e. The van der Waals surface area contributed by atoms with Gasteiger partial charge in [-0.05, 0) is 51.6 Å². The maximum Gasteiger partial charge on any atom is 0.0784 e. The molecule has 18 heavy (non-hydrogen) atoms. The van der Waals surface area contributed by atoms with E-state index in [1.807, 2.05) is 0 Å². The zero-order valence-electron chi connectivity index (χ0n) is 12.5. The number of thiocarbonyl (C=S) groups is 1. The summed E-state index contributed by atoms with van der Waals surface area (Å²) in [4.78, 5) is 3.16. The molecule has 0 atom stereocenters. The molecule has 2 N–H and O–H groups in total. The standard InChI is InChI=1S/C15H30N2S/c1-5-12-6-8-13(9-7-12)17(4)11-10-15(2,3)14(16)18/h12-13H,5-11H2,1-4H3,(H2,16,18). The second-order valence-corrected chi connectivity index (χ2v) is 7.00. The normalized spacial score (nSPS) is 25.4. The van der Waals surface area contributed by atoms with Gasteiger partial charge in [-0.15, -0.1) is 0 Å². The van der Waals surface area contributed by atoms with Crippen molar-refractivity contribution in [2.75, 3.05) is 13.6 Å². The minimum atomic E-state index is -0.00971. The van der Waals surface area contributed by atoms with Crippen molar-refractivity contribution < 1.29 is 0 Å². The lowest BCUT2D eigenvalue weighted by Crippen LogP contribution is -2.39. The second kappa shape index (κ2) is 6.85. The highest BCUT2D eigenvalue weighted by Gasteiger charge is 2.26. The van der Waals surface area contributed by atoms with E-state index in [0.29, 0.717) is 4.99 Å². The van der Waals surface area contributed by atoms with E-state index in [9.17, 15) is 0 Å². The SMILES string of the molecule is CCC1CCC(N(C)CCC(C)(C)C(N)=S)CC1. The lowest BCUT2D eigenvalue weighted by molar-refractivity contribution is 0.153. The molecule has 0 aromatic carbocycles. The molecule has 0 bridgehead atoms. The number of nitrogens with zero attached hydrogens (tertiary/aromatic N) is 1. The summed E-state index contributed by atoms with van der Waals surface area (Å²) in [5.74, 6) is 0.975. The molecule has 0 heterocycles. The molecule has 0 amide bonds. The summed E-state index contributed by atoms with van der Waals surface area (Å²) in [5, 5.41) is 0. The topological polar surface area (TPSA) is 29.3 Å². The molecular formula is C15H30N2S. The Morgan fingerprint density at radius 2 is 1.83 bits per heavy atom. The first kappa shape index (κ1) is 15.9. The van der Waals surface area contributed by atoms with Crippen molar-refractivity contribution >= 4 is 17.2 Å². The van der Waals surface area contributed by atoms with Crippen molar-refractivity contribution in [3.63, 3.8) is 0 Å².